The lowest BCUT2D eigenvalue weighted by Crippen LogP contribution is -2.06. The van der Waals surface area contributed by atoms with Crippen molar-refractivity contribution >= 4 is 39.2 Å². The first-order valence-electron chi connectivity index (χ1n) is 3.69. The second-order valence-electron chi connectivity index (χ2n) is 2.50. The van der Waals surface area contributed by atoms with Gasteiger partial charge in [0, 0.05) is 10.5 Å². The van der Waals surface area contributed by atoms with Gasteiger partial charge in [0.2, 0.25) is 0 Å². The second kappa shape index (κ2) is 4.59. The molecule has 0 radical (unpaired) electrons. The number of hydrogen-bond donors (Lipinski definition) is 0. The van der Waals surface area contributed by atoms with Crippen LogP contribution in [0.2, 0.25) is 5.02 Å². The van der Waals surface area contributed by atoms with Crippen LogP contribution in [0.3, 0.4) is 0 Å². The summed E-state index contributed by atoms with van der Waals surface area (Å²) >= 11 is 8.83. The van der Waals surface area contributed by atoms with Gasteiger partial charge in [0.05, 0.1) is 17.1 Å². The molecule has 1 aromatic rings. The van der Waals surface area contributed by atoms with Gasteiger partial charge in [0.15, 0.2) is 5.56 Å². The normalized spacial score (nSPS) is 9.80. The summed E-state index contributed by atoms with van der Waals surface area (Å²) < 4.78 is 4.81. The zero-order chi connectivity index (χ0) is 11.6. The summed E-state index contributed by atoms with van der Waals surface area (Å²) in [5, 5.41) is 10.6. The summed E-state index contributed by atoms with van der Waals surface area (Å²) in [6, 6.07) is 2.58. The smallest absolute Gasteiger partial charge is 0.346 e. The van der Waals surface area contributed by atoms with Crippen molar-refractivity contribution in [3.8, 4) is 0 Å². The first-order chi connectivity index (χ1) is 6.99. The number of nitro groups is 1. The third kappa shape index (κ3) is 2.27. The third-order valence-corrected chi connectivity index (χ3v) is 2.94. The Balaban J connectivity index is 3.48. The number of esters is 1. The van der Waals surface area contributed by atoms with E-state index in [4.69, 9.17) is 11.6 Å². The van der Waals surface area contributed by atoms with Crippen molar-refractivity contribution < 1.29 is 14.5 Å². The van der Waals surface area contributed by atoms with Crippen LogP contribution in [0.4, 0.5) is 5.69 Å². The van der Waals surface area contributed by atoms with Gasteiger partial charge in [-0.2, -0.15) is 0 Å². The van der Waals surface area contributed by atoms with E-state index >= 15 is 0 Å². The SMILES string of the molecule is COC(=O)c1c([N+](=O)[O-])ccc(Br)c1Cl. The minimum absolute atomic E-state index is 0.0314. The molecule has 0 saturated carbocycles. The zero-order valence-electron chi connectivity index (χ0n) is 7.49. The molecular formula is C8H5BrClNO4. The molecule has 0 spiro atoms. The Morgan fingerprint density at radius 2 is 2.20 bits per heavy atom. The molecule has 7 heteroatoms. The van der Waals surface area contributed by atoms with Crippen LogP contribution in [0.25, 0.3) is 0 Å². The average Bonchev–Trinajstić information content (AvgIpc) is 2.20. The van der Waals surface area contributed by atoms with E-state index in [-0.39, 0.29) is 16.3 Å². The zero-order valence-corrected chi connectivity index (χ0v) is 9.83. The molecule has 80 valence electrons. The van der Waals surface area contributed by atoms with E-state index in [2.05, 4.69) is 20.7 Å². The topological polar surface area (TPSA) is 69.4 Å². The number of carbonyl (C=O) groups excluding carboxylic acids is 1. The van der Waals surface area contributed by atoms with E-state index in [0.717, 1.165) is 7.11 Å². The van der Waals surface area contributed by atoms with Gasteiger partial charge < -0.3 is 4.74 Å². The maximum atomic E-state index is 11.3. The predicted octanol–water partition coefficient (Wildman–Crippen LogP) is 2.80. The molecule has 0 atom stereocenters. The molecule has 0 heterocycles. The maximum absolute atomic E-state index is 11.3. The fraction of sp³-hybridized carbons (Fsp3) is 0.125. The van der Waals surface area contributed by atoms with Crippen LogP contribution < -0.4 is 0 Å². The van der Waals surface area contributed by atoms with Crippen LogP contribution >= 0.6 is 27.5 Å². The van der Waals surface area contributed by atoms with Crippen LogP contribution in [0.5, 0.6) is 0 Å². The van der Waals surface area contributed by atoms with Gasteiger partial charge in [-0.15, -0.1) is 0 Å². The Labute approximate surface area is 98.3 Å². The number of rotatable bonds is 2. The Hall–Kier alpha value is -1.14. The molecule has 5 nitrogen and oxygen atoms in total. The quantitative estimate of drug-likeness (QED) is 0.478. The number of nitrogens with zero attached hydrogens (tertiary/aromatic N) is 1. The van der Waals surface area contributed by atoms with E-state index in [1.807, 2.05) is 0 Å². The molecule has 0 unspecified atom stereocenters. The van der Waals surface area contributed by atoms with E-state index in [0.29, 0.717) is 4.47 Å². The second-order valence-corrected chi connectivity index (χ2v) is 3.74. The molecule has 0 aliphatic rings. The Kier molecular flexibility index (Phi) is 3.65. The van der Waals surface area contributed by atoms with Crippen LogP contribution in [-0.2, 0) is 4.74 Å². The fourth-order valence-electron chi connectivity index (χ4n) is 0.989. The third-order valence-electron chi connectivity index (χ3n) is 1.66. The molecule has 0 bridgehead atoms. The van der Waals surface area contributed by atoms with Crippen molar-refractivity contribution in [2.24, 2.45) is 0 Å². The Morgan fingerprint density at radius 3 is 2.67 bits per heavy atom. The molecular weight excluding hydrogens is 289 g/mol. The van der Waals surface area contributed by atoms with Gasteiger partial charge in [-0.3, -0.25) is 10.1 Å². The number of benzene rings is 1. The monoisotopic (exact) mass is 293 g/mol. The summed E-state index contributed by atoms with van der Waals surface area (Å²) in [4.78, 5) is 21.2. The summed E-state index contributed by atoms with van der Waals surface area (Å²) in [5.41, 5.74) is -0.631. The van der Waals surface area contributed by atoms with Crippen molar-refractivity contribution in [2.45, 2.75) is 0 Å². The summed E-state index contributed by atoms with van der Waals surface area (Å²) in [6.45, 7) is 0. The molecule has 0 amide bonds. The minimum Gasteiger partial charge on any atom is -0.465 e. The first kappa shape index (κ1) is 11.9. The highest BCUT2D eigenvalue weighted by molar-refractivity contribution is 9.10. The average molecular weight is 294 g/mol. The number of nitro benzene ring substituents is 1. The number of ether oxygens (including phenoxy) is 1. The summed E-state index contributed by atoms with van der Waals surface area (Å²) in [6.07, 6.45) is 0. The first-order valence-corrected chi connectivity index (χ1v) is 4.86. The summed E-state index contributed by atoms with van der Waals surface area (Å²) in [7, 11) is 1.13. The van der Waals surface area contributed by atoms with Crippen molar-refractivity contribution in [3.05, 3.63) is 37.3 Å². The Bertz CT molecular complexity index is 435. The molecule has 15 heavy (non-hydrogen) atoms. The lowest BCUT2D eigenvalue weighted by atomic mass is 10.2. The number of carbonyl (C=O) groups is 1. The predicted molar refractivity (Wildman–Crippen MR) is 57.1 cm³/mol. The number of halogens is 2. The van der Waals surface area contributed by atoms with E-state index in [1.54, 1.807) is 0 Å². The van der Waals surface area contributed by atoms with Gasteiger partial charge in [0.25, 0.3) is 5.69 Å². The van der Waals surface area contributed by atoms with Gasteiger partial charge in [-0.05, 0) is 22.0 Å². The molecule has 0 aliphatic carbocycles. The van der Waals surface area contributed by atoms with Gasteiger partial charge in [0.1, 0.15) is 0 Å². The summed E-state index contributed by atoms with van der Waals surface area (Å²) in [5.74, 6) is -0.840. The molecule has 0 aromatic heterocycles. The molecule has 0 aliphatic heterocycles. The minimum atomic E-state index is -0.840. The van der Waals surface area contributed by atoms with Crippen LogP contribution in [0.15, 0.2) is 16.6 Å². The van der Waals surface area contributed by atoms with Gasteiger partial charge in [-0.1, -0.05) is 11.6 Å². The highest BCUT2D eigenvalue weighted by atomic mass is 79.9. The molecule has 0 fully saturated rings. The standard InChI is InChI=1S/C8H5BrClNO4/c1-15-8(12)6-5(11(13)14)3-2-4(9)7(6)10/h2-3H,1H3. The number of hydrogen-bond acceptors (Lipinski definition) is 4. The van der Waals surface area contributed by atoms with E-state index < -0.39 is 10.9 Å². The largest absolute Gasteiger partial charge is 0.465 e. The lowest BCUT2D eigenvalue weighted by molar-refractivity contribution is -0.385. The van der Waals surface area contributed by atoms with E-state index in [1.165, 1.54) is 12.1 Å². The van der Waals surface area contributed by atoms with Crippen molar-refractivity contribution in [1.29, 1.82) is 0 Å². The van der Waals surface area contributed by atoms with Crippen molar-refractivity contribution in [3.63, 3.8) is 0 Å². The van der Waals surface area contributed by atoms with Crippen molar-refractivity contribution in [1.82, 2.24) is 0 Å². The van der Waals surface area contributed by atoms with E-state index in [9.17, 15) is 14.9 Å². The van der Waals surface area contributed by atoms with Crippen LogP contribution in [0, 0.1) is 10.1 Å². The Morgan fingerprint density at radius 1 is 1.60 bits per heavy atom. The molecule has 1 rings (SSSR count). The maximum Gasteiger partial charge on any atom is 0.346 e. The van der Waals surface area contributed by atoms with Crippen LogP contribution in [0.1, 0.15) is 10.4 Å². The fourth-order valence-corrected chi connectivity index (χ4v) is 1.56. The highest BCUT2D eigenvalue weighted by Gasteiger charge is 2.25. The molecule has 0 N–H and O–H groups in total. The van der Waals surface area contributed by atoms with Crippen molar-refractivity contribution in [2.75, 3.05) is 7.11 Å². The lowest BCUT2D eigenvalue weighted by Gasteiger charge is -2.04. The molecule has 0 saturated heterocycles. The highest BCUT2D eigenvalue weighted by Crippen LogP contribution is 2.33. The molecule has 1 aromatic carbocycles. The van der Waals surface area contributed by atoms with Gasteiger partial charge >= 0.3 is 5.97 Å². The van der Waals surface area contributed by atoms with Gasteiger partial charge in [-0.25, -0.2) is 4.79 Å². The van der Waals surface area contributed by atoms with Crippen LogP contribution in [-0.4, -0.2) is 18.0 Å². The number of methoxy groups -OCH3 is 1.